The molecule has 4 rings (SSSR count). The third-order valence-corrected chi connectivity index (χ3v) is 5.26. The van der Waals surface area contributed by atoms with Gasteiger partial charge in [0.1, 0.15) is 5.75 Å². The summed E-state index contributed by atoms with van der Waals surface area (Å²) in [5, 5.41) is 6.65. The molecule has 6 nitrogen and oxygen atoms in total. The Kier molecular flexibility index (Phi) is 6.38. The maximum atomic E-state index is 12.4. The third kappa shape index (κ3) is 5.16. The fraction of sp³-hybridized carbons (Fsp3) is 0.167. The molecule has 31 heavy (non-hydrogen) atoms. The van der Waals surface area contributed by atoms with E-state index in [9.17, 15) is 9.59 Å². The molecule has 0 spiro atoms. The van der Waals surface area contributed by atoms with Gasteiger partial charge in [0.2, 0.25) is 5.91 Å². The molecule has 7 heteroatoms. The number of nitrogens with one attached hydrogen (secondary N) is 2. The fourth-order valence-electron chi connectivity index (χ4n) is 3.37. The van der Waals surface area contributed by atoms with Gasteiger partial charge in [0.15, 0.2) is 6.61 Å². The molecule has 2 N–H and O–H groups in total. The SMILES string of the molecule is O=C(CCN1C(=O)COc2ccccc21)Nc1ccc(NCc2ccccc2)c(Cl)c1. The van der Waals surface area contributed by atoms with Gasteiger partial charge in [-0.05, 0) is 35.9 Å². The van der Waals surface area contributed by atoms with Crippen molar-refractivity contribution >= 4 is 40.5 Å². The van der Waals surface area contributed by atoms with E-state index in [2.05, 4.69) is 10.6 Å². The molecule has 0 aliphatic carbocycles. The van der Waals surface area contributed by atoms with E-state index in [1.54, 1.807) is 17.0 Å². The van der Waals surface area contributed by atoms with Gasteiger partial charge < -0.3 is 20.3 Å². The number of amides is 2. The second-order valence-electron chi connectivity index (χ2n) is 7.13. The lowest BCUT2D eigenvalue weighted by atomic mass is 10.2. The molecule has 0 saturated carbocycles. The first kappa shape index (κ1) is 20.8. The Hall–Kier alpha value is -3.51. The lowest BCUT2D eigenvalue weighted by molar-refractivity contribution is -0.121. The first-order chi connectivity index (χ1) is 15.1. The van der Waals surface area contributed by atoms with Crippen molar-refractivity contribution in [3.8, 4) is 5.75 Å². The third-order valence-electron chi connectivity index (χ3n) is 4.95. The van der Waals surface area contributed by atoms with Gasteiger partial charge in [-0.3, -0.25) is 9.59 Å². The van der Waals surface area contributed by atoms with Crippen LogP contribution in [0.3, 0.4) is 0 Å². The van der Waals surface area contributed by atoms with Crippen molar-refractivity contribution in [2.24, 2.45) is 0 Å². The number of rotatable bonds is 7. The highest BCUT2D eigenvalue weighted by Gasteiger charge is 2.25. The van der Waals surface area contributed by atoms with E-state index in [1.807, 2.05) is 60.7 Å². The van der Waals surface area contributed by atoms with Crippen LogP contribution in [0.4, 0.5) is 17.1 Å². The number of nitrogens with zero attached hydrogens (tertiary/aromatic N) is 1. The highest BCUT2D eigenvalue weighted by Crippen LogP contribution is 2.31. The second-order valence-corrected chi connectivity index (χ2v) is 7.54. The summed E-state index contributed by atoms with van der Waals surface area (Å²) < 4.78 is 5.43. The number of carbonyl (C=O) groups is 2. The lowest BCUT2D eigenvalue weighted by Gasteiger charge is -2.29. The molecule has 3 aromatic carbocycles. The van der Waals surface area contributed by atoms with Crippen LogP contribution in [0.2, 0.25) is 5.02 Å². The van der Waals surface area contributed by atoms with Crippen LogP contribution in [0.25, 0.3) is 0 Å². The fourth-order valence-corrected chi connectivity index (χ4v) is 3.61. The molecule has 0 radical (unpaired) electrons. The number of halogens is 1. The molecule has 3 aromatic rings. The van der Waals surface area contributed by atoms with Crippen molar-refractivity contribution in [2.75, 3.05) is 28.7 Å². The molecule has 1 aliphatic heterocycles. The van der Waals surface area contributed by atoms with Gasteiger partial charge in [-0.15, -0.1) is 0 Å². The summed E-state index contributed by atoms with van der Waals surface area (Å²) in [6.07, 6.45) is 0.158. The van der Waals surface area contributed by atoms with Crippen molar-refractivity contribution in [1.29, 1.82) is 0 Å². The zero-order valence-corrected chi connectivity index (χ0v) is 17.6. The molecule has 158 valence electrons. The molecular formula is C24H22ClN3O3. The summed E-state index contributed by atoms with van der Waals surface area (Å²) in [7, 11) is 0. The lowest BCUT2D eigenvalue weighted by Crippen LogP contribution is -2.40. The highest BCUT2D eigenvalue weighted by molar-refractivity contribution is 6.33. The Morgan fingerprint density at radius 1 is 1.03 bits per heavy atom. The molecule has 2 amide bonds. The molecule has 0 atom stereocenters. The van der Waals surface area contributed by atoms with Gasteiger partial charge in [-0.2, -0.15) is 0 Å². The number of ether oxygens (including phenoxy) is 1. The molecule has 0 fully saturated rings. The van der Waals surface area contributed by atoms with Crippen molar-refractivity contribution in [3.05, 3.63) is 83.4 Å². The van der Waals surface area contributed by atoms with Crippen molar-refractivity contribution in [3.63, 3.8) is 0 Å². The van der Waals surface area contributed by atoms with E-state index in [0.717, 1.165) is 11.3 Å². The van der Waals surface area contributed by atoms with Crippen LogP contribution in [0, 0.1) is 0 Å². The standard InChI is InChI=1S/C24H22ClN3O3/c25-19-14-18(10-11-20(19)26-15-17-6-2-1-3-7-17)27-23(29)12-13-28-21-8-4-5-9-22(21)31-16-24(28)30/h1-11,14,26H,12-13,15-16H2,(H,27,29). The van der Waals surface area contributed by atoms with Crippen LogP contribution in [0.5, 0.6) is 5.75 Å². The van der Waals surface area contributed by atoms with E-state index in [-0.39, 0.29) is 31.4 Å². The van der Waals surface area contributed by atoms with Crippen molar-refractivity contribution < 1.29 is 14.3 Å². The summed E-state index contributed by atoms with van der Waals surface area (Å²) in [4.78, 5) is 26.2. The van der Waals surface area contributed by atoms with Gasteiger partial charge >= 0.3 is 0 Å². The van der Waals surface area contributed by atoms with Gasteiger partial charge in [-0.1, -0.05) is 54.1 Å². The molecular weight excluding hydrogens is 414 g/mol. The van der Waals surface area contributed by atoms with E-state index in [0.29, 0.717) is 28.7 Å². The van der Waals surface area contributed by atoms with Crippen LogP contribution in [0.1, 0.15) is 12.0 Å². The van der Waals surface area contributed by atoms with Gasteiger partial charge in [0.25, 0.3) is 5.91 Å². The number of fused-ring (bicyclic) bond motifs is 1. The van der Waals surface area contributed by atoms with Crippen LogP contribution < -0.4 is 20.3 Å². The normalized spacial score (nSPS) is 12.7. The summed E-state index contributed by atoms with van der Waals surface area (Å²) >= 11 is 6.37. The maximum Gasteiger partial charge on any atom is 0.265 e. The summed E-state index contributed by atoms with van der Waals surface area (Å²) in [5.41, 5.74) is 3.23. The Bertz CT molecular complexity index is 1090. The highest BCUT2D eigenvalue weighted by atomic mass is 35.5. The second kappa shape index (κ2) is 9.53. The quantitative estimate of drug-likeness (QED) is 0.564. The van der Waals surface area contributed by atoms with Gasteiger partial charge in [0, 0.05) is 25.2 Å². The Labute approximate surface area is 185 Å². The zero-order chi connectivity index (χ0) is 21.6. The van der Waals surface area contributed by atoms with E-state index >= 15 is 0 Å². The van der Waals surface area contributed by atoms with Crippen LogP contribution >= 0.6 is 11.6 Å². The van der Waals surface area contributed by atoms with E-state index in [1.165, 1.54) is 0 Å². The van der Waals surface area contributed by atoms with E-state index < -0.39 is 0 Å². The molecule has 0 unspecified atom stereocenters. The molecule has 0 aromatic heterocycles. The summed E-state index contributed by atoms with van der Waals surface area (Å²) in [6, 6.07) is 22.7. The van der Waals surface area contributed by atoms with Crippen LogP contribution in [-0.2, 0) is 16.1 Å². The van der Waals surface area contributed by atoms with Gasteiger partial charge in [0.05, 0.1) is 16.4 Å². The number of carbonyl (C=O) groups excluding carboxylic acids is 2. The topological polar surface area (TPSA) is 70.7 Å². The predicted octanol–water partition coefficient (Wildman–Crippen LogP) is 4.71. The maximum absolute atomic E-state index is 12.4. The molecule has 1 heterocycles. The number of hydrogen-bond donors (Lipinski definition) is 2. The minimum atomic E-state index is -0.196. The minimum absolute atomic E-state index is 0.0221. The number of benzene rings is 3. The first-order valence-electron chi connectivity index (χ1n) is 9.99. The Balaban J connectivity index is 1.33. The first-order valence-corrected chi connectivity index (χ1v) is 10.4. The van der Waals surface area contributed by atoms with Gasteiger partial charge in [-0.25, -0.2) is 0 Å². The van der Waals surface area contributed by atoms with Crippen molar-refractivity contribution in [1.82, 2.24) is 0 Å². The number of para-hydroxylation sites is 2. The molecule has 0 saturated heterocycles. The number of hydrogen-bond acceptors (Lipinski definition) is 4. The average Bonchev–Trinajstić information content (AvgIpc) is 2.78. The van der Waals surface area contributed by atoms with Crippen molar-refractivity contribution in [2.45, 2.75) is 13.0 Å². The predicted molar refractivity (Wildman–Crippen MR) is 123 cm³/mol. The monoisotopic (exact) mass is 435 g/mol. The average molecular weight is 436 g/mol. The van der Waals surface area contributed by atoms with E-state index in [4.69, 9.17) is 16.3 Å². The van der Waals surface area contributed by atoms with Crippen LogP contribution in [0.15, 0.2) is 72.8 Å². The minimum Gasteiger partial charge on any atom is -0.482 e. The summed E-state index contributed by atoms with van der Waals surface area (Å²) in [6.45, 7) is 0.905. The number of anilines is 3. The Morgan fingerprint density at radius 3 is 2.61 bits per heavy atom. The van der Waals surface area contributed by atoms with Crippen LogP contribution in [-0.4, -0.2) is 25.0 Å². The Morgan fingerprint density at radius 2 is 1.81 bits per heavy atom. The molecule has 0 bridgehead atoms. The smallest absolute Gasteiger partial charge is 0.265 e. The summed E-state index contributed by atoms with van der Waals surface area (Å²) in [5.74, 6) is 0.286. The molecule has 1 aliphatic rings. The zero-order valence-electron chi connectivity index (χ0n) is 16.8. The largest absolute Gasteiger partial charge is 0.482 e.